The number of nitrogens with zero attached hydrogens (tertiary/aromatic N) is 5. The zero-order chi connectivity index (χ0) is 25.1. The molecule has 36 heavy (non-hydrogen) atoms. The van der Waals surface area contributed by atoms with Gasteiger partial charge in [-0.3, -0.25) is 19.2 Å². The van der Waals surface area contributed by atoms with Gasteiger partial charge in [-0.2, -0.15) is 5.10 Å². The number of aromatic nitrogens is 2. The number of piperazine rings is 1. The molecular weight excluding hydrogens is 458 g/mol. The number of carbonyl (C=O) groups is 2. The van der Waals surface area contributed by atoms with E-state index in [9.17, 15) is 9.59 Å². The molecule has 0 radical (unpaired) electrons. The molecule has 1 aromatic rings. The molecule has 1 unspecified atom stereocenters. The molecule has 2 amide bonds. The van der Waals surface area contributed by atoms with Gasteiger partial charge in [-0.25, -0.2) is 4.99 Å². The van der Waals surface area contributed by atoms with Crippen molar-refractivity contribution in [3.8, 4) is 0 Å². The number of amides is 2. The van der Waals surface area contributed by atoms with Gasteiger partial charge < -0.3 is 14.4 Å². The Bertz CT molecular complexity index is 1070. The Labute approximate surface area is 212 Å². The van der Waals surface area contributed by atoms with Gasteiger partial charge in [0.2, 0.25) is 5.91 Å². The fourth-order valence-electron chi connectivity index (χ4n) is 5.56. The zero-order valence-electron chi connectivity index (χ0n) is 21.4. The molecule has 2 saturated heterocycles. The summed E-state index contributed by atoms with van der Waals surface area (Å²) in [5.41, 5.74) is 3.74. The molecule has 9 nitrogen and oxygen atoms in total. The van der Waals surface area contributed by atoms with E-state index >= 15 is 0 Å². The van der Waals surface area contributed by atoms with Gasteiger partial charge in [-0.1, -0.05) is 11.6 Å². The van der Waals surface area contributed by atoms with E-state index in [1.165, 1.54) is 0 Å². The van der Waals surface area contributed by atoms with Crippen molar-refractivity contribution in [2.45, 2.75) is 45.6 Å². The summed E-state index contributed by atoms with van der Waals surface area (Å²) in [5.74, 6) is -0.487. The van der Waals surface area contributed by atoms with E-state index in [1.54, 1.807) is 6.20 Å². The molecule has 1 atom stereocenters. The molecule has 4 heterocycles. The third-order valence-electron chi connectivity index (χ3n) is 7.67. The van der Waals surface area contributed by atoms with Crippen LogP contribution in [-0.4, -0.2) is 96.3 Å². The minimum absolute atomic E-state index is 0.127. The maximum Gasteiger partial charge on any atom is 0.281 e. The number of rotatable bonds is 8. The summed E-state index contributed by atoms with van der Waals surface area (Å²) >= 11 is 0. The molecule has 4 aliphatic rings. The van der Waals surface area contributed by atoms with E-state index in [0.29, 0.717) is 24.5 Å². The quantitative estimate of drug-likeness (QED) is 0.516. The van der Waals surface area contributed by atoms with E-state index < -0.39 is 0 Å². The van der Waals surface area contributed by atoms with Crippen molar-refractivity contribution < 1.29 is 19.1 Å². The maximum atomic E-state index is 13.6. The first kappa shape index (κ1) is 25.0. The van der Waals surface area contributed by atoms with Crippen LogP contribution in [0.3, 0.4) is 0 Å². The van der Waals surface area contributed by atoms with Crippen LogP contribution < -0.4 is 0 Å². The van der Waals surface area contributed by atoms with Crippen molar-refractivity contribution in [3.05, 3.63) is 35.2 Å². The molecule has 1 aliphatic carbocycles. The number of allylic oxidation sites excluding steroid dienone is 2. The number of hydrogen-bond acceptors (Lipinski definition) is 6. The third-order valence-corrected chi connectivity index (χ3v) is 7.67. The van der Waals surface area contributed by atoms with E-state index in [1.807, 2.05) is 35.6 Å². The lowest BCUT2D eigenvalue weighted by Crippen LogP contribution is -2.50. The van der Waals surface area contributed by atoms with Gasteiger partial charge in [-0.15, -0.1) is 0 Å². The highest BCUT2D eigenvalue weighted by atomic mass is 16.5. The van der Waals surface area contributed by atoms with Crippen molar-refractivity contribution in [2.24, 2.45) is 10.9 Å². The number of fused-ring (bicyclic) bond motifs is 3. The molecule has 194 valence electrons. The Hall–Kier alpha value is -2.62. The van der Waals surface area contributed by atoms with Crippen molar-refractivity contribution in [2.75, 3.05) is 59.2 Å². The molecule has 0 aromatic carbocycles. The van der Waals surface area contributed by atoms with E-state index in [4.69, 9.17) is 9.47 Å². The molecular formula is C27H37N5O4. The molecule has 1 aromatic heterocycles. The Kier molecular flexibility index (Phi) is 7.79. The van der Waals surface area contributed by atoms with Crippen LogP contribution in [0.4, 0.5) is 0 Å². The van der Waals surface area contributed by atoms with Crippen molar-refractivity contribution >= 4 is 23.1 Å². The summed E-state index contributed by atoms with van der Waals surface area (Å²) in [4.78, 5) is 35.2. The molecule has 0 saturated carbocycles. The summed E-state index contributed by atoms with van der Waals surface area (Å²) in [5, 5.41) is 4.59. The molecule has 9 heteroatoms. The minimum atomic E-state index is -0.351. The second kappa shape index (κ2) is 11.2. The van der Waals surface area contributed by atoms with E-state index in [2.05, 4.69) is 15.0 Å². The highest BCUT2D eigenvalue weighted by Gasteiger charge is 2.36. The second-order valence-corrected chi connectivity index (χ2v) is 10.0. The van der Waals surface area contributed by atoms with Gasteiger partial charge >= 0.3 is 0 Å². The summed E-state index contributed by atoms with van der Waals surface area (Å²) in [7, 11) is 0. The van der Waals surface area contributed by atoms with Crippen LogP contribution in [0.1, 0.15) is 61.6 Å². The Morgan fingerprint density at radius 2 is 1.94 bits per heavy atom. The molecule has 2 fully saturated rings. The first-order valence-electron chi connectivity index (χ1n) is 13.3. The van der Waals surface area contributed by atoms with Crippen LogP contribution in [0.5, 0.6) is 0 Å². The average molecular weight is 496 g/mol. The first-order valence-corrected chi connectivity index (χ1v) is 13.3. The minimum Gasteiger partial charge on any atom is -0.382 e. The number of carbonyl (C=O) groups excluding carboxylic acids is 2. The number of unbranched alkanes of at least 4 members (excludes halogenated alkanes) is 1. The molecule has 0 bridgehead atoms. The van der Waals surface area contributed by atoms with Gasteiger partial charge in [0.15, 0.2) is 0 Å². The standard InChI is InChI=1S/C27H37N5O4/c1-3-35-13-5-4-8-30-9-11-31(12-10-30)27(34)21-17-22-24(16-19(21)2)29-26(33)23-18-28-32(25(22)23)20-6-14-36-15-7-20/h16-18,20-21H,3-15H2,1-2H3. The summed E-state index contributed by atoms with van der Waals surface area (Å²) in [6.07, 6.45) is 9.46. The monoisotopic (exact) mass is 495 g/mol. The molecule has 5 rings (SSSR count). The average Bonchev–Trinajstić information content (AvgIpc) is 3.35. The van der Waals surface area contributed by atoms with Crippen molar-refractivity contribution in [1.29, 1.82) is 0 Å². The van der Waals surface area contributed by atoms with Gasteiger partial charge in [0.05, 0.1) is 35.1 Å². The largest absolute Gasteiger partial charge is 0.382 e. The Morgan fingerprint density at radius 3 is 2.69 bits per heavy atom. The highest BCUT2D eigenvalue weighted by Crippen LogP contribution is 2.37. The smallest absolute Gasteiger partial charge is 0.281 e. The zero-order valence-corrected chi connectivity index (χ0v) is 21.4. The van der Waals surface area contributed by atoms with E-state index in [-0.39, 0.29) is 23.8 Å². The normalized spacial score (nSPS) is 23.1. The summed E-state index contributed by atoms with van der Waals surface area (Å²) in [6.45, 7) is 11.3. The Morgan fingerprint density at radius 1 is 1.17 bits per heavy atom. The second-order valence-electron chi connectivity index (χ2n) is 10.0. The molecule has 0 spiro atoms. The topological polar surface area (TPSA) is 89.3 Å². The predicted octanol–water partition coefficient (Wildman–Crippen LogP) is 2.75. The highest BCUT2D eigenvalue weighted by molar-refractivity contribution is 6.36. The summed E-state index contributed by atoms with van der Waals surface area (Å²) < 4.78 is 12.9. The summed E-state index contributed by atoms with van der Waals surface area (Å²) in [6, 6.07) is 0.179. The van der Waals surface area contributed by atoms with Crippen LogP contribution in [-0.2, 0) is 14.3 Å². The third kappa shape index (κ3) is 5.10. The van der Waals surface area contributed by atoms with Crippen LogP contribution in [0, 0.1) is 5.92 Å². The van der Waals surface area contributed by atoms with Crippen LogP contribution in [0.25, 0.3) is 5.57 Å². The van der Waals surface area contributed by atoms with Crippen molar-refractivity contribution in [3.63, 3.8) is 0 Å². The fourth-order valence-corrected chi connectivity index (χ4v) is 5.56. The lowest BCUT2D eigenvalue weighted by atomic mass is 9.84. The Balaban J connectivity index is 1.29. The van der Waals surface area contributed by atoms with Gasteiger partial charge in [0, 0.05) is 58.2 Å². The van der Waals surface area contributed by atoms with Crippen LogP contribution in [0.15, 0.2) is 28.9 Å². The first-order chi connectivity index (χ1) is 17.6. The number of ether oxygens (including phenoxy) is 2. The SMILES string of the molecule is CCOCCCCN1CCN(C(=O)C2C=C3C(=NC(=O)c4cnn(C5CCOCC5)c43)C=C2C)CC1. The molecule has 0 N–H and O–H groups in total. The van der Waals surface area contributed by atoms with E-state index in [0.717, 1.165) is 88.5 Å². The van der Waals surface area contributed by atoms with Crippen molar-refractivity contribution in [1.82, 2.24) is 19.6 Å². The number of aliphatic imine (C=N–C) groups is 1. The van der Waals surface area contributed by atoms with Gasteiger partial charge in [0.25, 0.3) is 5.91 Å². The lowest BCUT2D eigenvalue weighted by molar-refractivity contribution is -0.134. The number of hydrogen-bond donors (Lipinski definition) is 0. The van der Waals surface area contributed by atoms with Gasteiger partial charge in [0.1, 0.15) is 0 Å². The molecule has 3 aliphatic heterocycles. The van der Waals surface area contributed by atoms with Crippen LogP contribution in [0.2, 0.25) is 0 Å². The van der Waals surface area contributed by atoms with Crippen LogP contribution >= 0.6 is 0 Å². The predicted molar refractivity (Wildman–Crippen MR) is 137 cm³/mol. The fraction of sp³-hybridized carbons (Fsp3) is 0.630. The maximum absolute atomic E-state index is 13.6. The van der Waals surface area contributed by atoms with Gasteiger partial charge in [-0.05, 0) is 52.2 Å². The lowest BCUT2D eigenvalue weighted by Gasteiger charge is -2.37.